The number of benzene rings is 1. The molecule has 4 nitrogen and oxygen atoms in total. The minimum atomic E-state index is -0.296. The van der Waals surface area contributed by atoms with Crippen LogP contribution in [0, 0.1) is 5.82 Å². The molecule has 0 amide bonds. The van der Waals surface area contributed by atoms with Crippen LogP contribution in [0.25, 0.3) is 0 Å². The van der Waals surface area contributed by atoms with E-state index in [0.717, 1.165) is 39.3 Å². The lowest BCUT2D eigenvalue weighted by Crippen LogP contribution is -2.53. The van der Waals surface area contributed by atoms with Crippen LogP contribution in [0.1, 0.15) is 6.92 Å². The van der Waals surface area contributed by atoms with E-state index in [1.54, 1.807) is 25.3 Å². The summed E-state index contributed by atoms with van der Waals surface area (Å²) in [6.45, 7) is 8.43. The maximum Gasteiger partial charge on any atom is 0.165 e. The molecular weight excluding hydrogens is 271 g/mol. The van der Waals surface area contributed by atoms with Crippen molar-refractivity contribution in [3.8, 4) is 5.75 Å². The molecule has 0 saturated carbocycles. The Morgan fingerprint density at radius 3 is 2.71 bits per heavy atom. The van der Waals surface area contributed by atoms with Gasteiger partial charge in [-0.2, -0.15) is 0 Å². The summed E-state index contributed by atoms with van der Waals surface area (Å²) in [5.74, 6) is 0.0412. The van der Waals surface area contributed by atoms with Gasteiger partial charge in [0.05, 0.1) is 6.61 Å². The van der Waals surface area contributed by atoms with Gasteiger partial charge in [0, 0.05) is 45.9 Å². The minimum absolute atomic E-state index is 0.296. The molecule has 0 bridgehead atoms. The van der Waals surface area contributed by atoms with E-state index in [9.17, 15) is 4.39 Å². The molecule has 0 radical (unpaired) electrons. The van der Waals surface area contributed by atoms with E-state index in [1.807, 2.05) is 0 Å². The molecule has 1 atom stereocenters. The van der Waals surface area contributed by atoms with Crippen molar-refractivity contribution in [1.29, 1.82) is 0 Å². The van der Waals surface area contributed by atoms with Gasteiger partial charge >= 0.3 is 0 Å². The average molecular weight is 296 g/mol. The van der Waals surface area contributed by atoms with Crippen LogP contribution >= 0.6 is 0 Å². The van der Waals surface area contributed by atoms with Crippen LogP contribution in [0.15, 0.2) is 24.3 Å². The zero-order valence-electron chi connectivity index (χ0n) is 12.9. The molecule has 1 aromatic rings. The van der Waals surface area contributed by atoms with Crippen LogP contribution in [-0.2, 0) is 4.74 Å². The summed E-state index contributed by atoms with van der Waals surface area (Å²) in [5, 5.41) is 0. The number of para-hydroxylation sites is 1. The Bertz CT molecular complexity index is 430. The van der Waals surface area contributed by atoms with Gasteiger partial charge in [-0.1, -0.05) is 12.1 Å². The van der Waals surface area contributed by atoms with Crippen molar-refractivity contribution in [1.82, 2.24) is 9.80 Å². The molecule has 118 valence electrons. The van der Waals surface area contributed by atoms with Crippen molar-refractivity contribution in [2.24, 2.45) is 0 Å². The van der Waals surface area contributed by atoms with Gasteiger partial charge in [0.2, 0.25) is 0 Å². The number of ether oxygens (including phenoxy) is 2. The number of piperazine rings is 1. The highest BCUT2D eigenvalue weighted by Crippen LogP contribution is 2.15. The van der Waals surface area contributed by atoms with Gasteiger partial charge in [-0.15, -0.1) is 0 Å². The van der Waals surface area contributed by atoms with Gasteiger partial charge in [-0.3, -0.25) is 9.80 Å². The Balaban J connectivity index is 1.70. The Morgan fingerprint density at radius 2 is 2.00 bits per heavy atom. The van der Waals surface area contributed by atoms with E-state index in [4.69, 9.17) is 9.47 Å². The third kappa shape index (κ3) is 4.95. The molecule has 2 rings (SSSR count). The Morgan fingerprint density at radius 1 is 1.19 bits per heavy atom. The zero-order chi connectivity index (χ0) is 15.1. The Labute approximate surface area is 126 Å². The molecule has 1 aliphatic heterocycles. The average Bonchev–Trinajstić information content (AvgIpc) is 2.48. The van der Waals surface area contributed by atoms with E-state index in [2.05, 4.69) is 16.7 Å². The summed E-state index contributed by atoms with van der Waals surface area (Å²) >= 11 is 0. The summed E-state index contributed by atoms with van der Waals surface area (Å²) in [7, 11) is 1.74. The summed E-state index contributed by atoms with van der Waals surface area (Å²) in [5.41, 5.74) is 0. The van der Waals surface area contributed by atoms with Gasteiger partial charge in [-0.05, 0) is 19.1 Å². The van der Waals surface area contributed by atoms with Crippen molar-refractivity contribution >= 4 is 0 Å². The van der Waals surface area contributed by atoms with Crippen molar-refractivity contribution in [3.63, 3.8) is 0 Å². The molecular formula is C16H25FN2O2. The molecule has 21 heavy (non-hydrogen) atoms. The van der Waals surface area contributed by atoms with Gasteiger partial charge in [0.25, 0.3) is 0 Å². The van der Waals surface area contributed by atoms with Gasteiger partial charge in [0.15, 0.2) is 11.6 Å². The normalized spacial score (nSPS) is 20.6. The van der Waals surface area contributed by atoms with Crippen LogP contribution in [0.5, 0.6) is 5.75 Å². The Kier molecular flexibility index (Phi) is 6.42. The number of rotatable bonds is 7. The fourth-order valence-corrected chi connectivity index (χ4v) is 2.66. The lowest BCUT2D eigenvalue weighted by molar-refractivity contribution is 0.0529. The van der Waals surface area contributed by atoms with Crippen molar-refractivity contribution in [3.05, 3.63) is 30.1 Å². The SMILES string of the molecule is COCCN1CCN(CCOc2ccccc2F)C[C@H]1C. The summed E-state index contributed by atoms with van der Waals surface area (Å²) in [6.07, 6.45) is 0. The second-order valence-corrected chi connectivity index (χ2v) is 5.46. The van der Waals surface area contributed by atoms with Crippen molar-refractivity contribution in [2.75, 3.05) is 53.0 Å². The van der Waals surface area contributed by atoms with Crippen molar-refractivity contribution < 1.29 is 13.9 Å². The van der Waals surface area contributed by atoms with Crippen LogP contribution in [-0.4, -0.2) is 68.9 Å². The monoisotopic (exact) mass is 296 g/mol. The number of hydrogen-bond acceptors (Lipinski definition) is 4. The van der Waals surface area contributed by atoms with Crippen LogP contribution in [0.3, 0.4) is 0 Å². The smallest absolute Gasteiger partial charge is 0.165 e. The molecule has 5 heteroatoms. The standard InChI is InChI=1S/C16H25FN2O2/c1-14-13-18(7-8-19(14)10-11-20-2)9-12-21-16-6-4-3-5-15(16)17/h3-6,14H,7-13H2,1-2H3/t14-/m1/s1. The maximum absolute atomic E-state index is 13.4. The first kappa shape index (κ1) is 16.2. The van der Waals surface area contributed by atoms with Crippen LogP contribution in [0.4, 0.5) is 4.39 Å². The van der Waals surface area contributed by atoms with Crippen molar-refractivity contribution in [2.45, 2.75) is 13.0 Å². The molecule has 0 N–H and O–H groups in total. The van der Waals surface area contributed by atoms with E-state index >= 15 is 0 Å². The first-order chi connectivity index (χ1) is 10.2. The van der Waals surface area contributed by atoms with Gasteiger partial charge < -0.3 is 9.47 Å². The Hall–Kier alpha value is -1.17. The largest absolute Gasteiger partial charge is 0.489 e. The number of halogens is 1. The van der Waals surface area contributed by atoms with E-state index in [1.165, 1.54) is 6.07 Å². The lowest BCUT2D eigenvalue weighted by Gasteiger charge is -2.39. The highest BCUT2D eigenvalue weighted by atomic mass is 19.1. The highest BCUT2D eigenvalue weighted by Gasteiger charge is 2.22. The van der Waals surface area contributed by atoms with Gasteiger partial charge in [0.1, 0.15) is 6.61 Å². The third-order valence-electron chi connectivity index (χ3n) is 3.93. The quantitative estimate of drug-likeness (QED) is 0.767. The fourth-order valence-electron chi connectivity index (χ4n) is 2.66. The highest BCUT2D eigenvalue weighted by molar-refractivity contribution is 5.23. The fraction of sp³-hybridized carbons (Fsp3) is 0.625. The third-order valence-corrected chi connectivity index (χ3v) is 3.93. The summed E-state index contributed by atoms with van der Waals surface area (Å²) in [6, 6.07) is 7.06. The summed E-state index contributed by atoms with van der Waals surface area (Å²) in [4.78, 5) is 4.81. The molecule has 0 aliphatic carbocycles. The zero-order valence-corrected chi connectivity index (χ0v) is 12.9. The molecule has 0 spiro atoms. The summed E-state index contributed by atoms with van der Waals surface area (Å²) < 4.78 is 24.1. The second-order valence-electron chi connectivity index (χ2n) is 5.46. The number of hydrogen-bond donors (Lipinski definition) is 0. The minimum Gasteiger partial charge on any atom is -0.489 e. The molecule has 1 aromatic carbocycles. The first-order valence-electron chi connectivity index (χ1n) is 7.53. The van der Waals surface area contributed by atoms with E-state index < -0.39 is 0 Å². The van der Waals surface area contributed by atoms with Gasteiger partial charge in [-0.25, -0.2) is 4.39 Å². The first-order valence-corrected chi connectivity index (χ1v) is 7.53. The molecule has 0 unspecified atom stereocenters. The van der Waals surface area contributed by atoms with E-state index in [-0.39, 0.29) is 5.82 Å². The van der Waals surface area contributed by atoms with Crippen LogP contribution < -0.4 is 4.74 Å². The molecule has 1 saturated heterocycles. The molecule has 1 fully saturated rings. The molecule has 1 aliphatic rings. The predicted octanol–water partition coefficient (Wildman–Crippen LogP) is 1.86. The lowest BCUT2D eigenvalue weighted by atomic mass is 10.2. The topological polar surface area (TPSA) is 24.9 Å². The predicted molar refractivity (Wildman–Crippen MR) is 81.2 cm³/mol. The second kappa shape index (κ2) is 8.32. The van der Waals surface area contributed by atoms with E-state index in [0.29, 0.717) is 18.4 Å². The maximum atomic E-state index is 13.4. The number of nitrogens with zero attached hydrogens (tertiary/aromatic N) is 2. The number of methoxy groups -OCH3 is 1. The molecule has 1 heterocycles. The molecule has 0 aromatic heterocycles. The van der Waals surface area contributed by atoms with Crippen LogP contribution in [0.2, 0.25) is 0 Å².